The standard InChI is InChI=1S/C4H10N2O2S/c1-3-9-4(2)8-6-5-7/h4-5H,3H2,1-2H3. The van der Waals surface area contributed by atoms with Crippen LogP contribution in [-0.2, 0) is 4.84 Å². The van der Waals surface area contributed by atoms with Gasteiger partial charge in [0.15, 0.2) is 10.7 Å². The van der Waals surface area contributed by atoms with E-state index in [0.29, 0.717) is 0 Å². The average molecular weight is 150 g/mol. The normalized spacial score (nSPS) is 14.0. The molecule has 0 saturated carbocycles. The Kier molecular flexibility index (Phi) is 5.40. The number of rotatable bonds is 4. The van der Waals surface area contributed by atoms with Gasteiger partial charge in [0.25, 0.3) is 0 Å². The van der Waals surface area contributed by atoms with Crippen LogP contribution in [0.3, 0.4) is 0 Å². The van der Waals surface area contributed by atoms with Crippen LogP contribution in [0.1, 0.15) is 13.8 Å². The van der Waals surface area contributed by atoms with Gasteiger partial charge in [0.05, 0.1) is 0 Å². The van der Waals surface area contributed by atoms with Gasteiger partial charge < -0.3 is 10.0 Å². The summed E-state index contributed by atoms with van der Waals surface area (Å²) >= 11 is 1.58. The third-order valence-electron chi connectivity index (χ3n) is 0.640. The van der Waals surface area contributed by atoms with E-state index in [-0.39, 0.29) is 5.44 Å². The molecule has 0 radical (unpaired) electrons. The molecule has 0 saturated heterocycles. The molecular weight excluding hydrogens is 140 g/mol. The second-order valence-corrected chi connectivity index (χ2v) is 2.89. The van der Waals surface area contributed by atoms with E-state index in [1.54, 1.807) is 11.8 Å². The Bertz CT molecular complexity index is 88.6. The van der Waals surface area contributed by atoms with E-state index >= 15 is 0 Å². The van der Waals surface area contributed by atoms with Crippen LogP contribution < -0.4 is 5.28 Å². The van der Waals surface area contributed by atoms with Crippen molar-refractivity contribution in [3.8, 4) is 0 Å². The molecule has 0 spiro atoms. The largest absolute Gasteiger partial charge is 0.599 e. The molecule has 4 nitrogen and oxygen atoms in total. The SMILES string of the molecule is CCSC(C)O/N=[NH+]\[O-]. The van der Waals surface area contributed by atoms with Crippen LogP contribution in [0.15, 0.2) is 5.28 Å². The minimum absolute atomic E-state index is 0.0450. The summed E-state index contributed by atoms with van der Waals surface area (Å²) in [6.45, 7) is 3.84. The summed E-state index contributed by atoms with van der Waals surface area (Å²) in [5.41, 5.74) is -0.0450. The molecule has 54 valence electrons. The van der Waals surface area contributed by atoms with Crippen LogP contribution in [-0.4, -0.2) is 11.2 Å². The molecule has 0 amide bonds. The molecule has 1 unspecified atom stereocenters. The predicted octanol–water partition coefficient (Wildman–Crippen LogP) is 0.0477. The van der Waals surface area contributed by atoms with E-state index in [9.17, 15) is 5.21 Å². The van der Waals surface area contributed by atoms with Gasteiger partial charge in [0, 0.05) is 0 Å². The van der Waals surface area contributed by atoms with Crippen molar-refractivity contribution in [2.75, 3.05) is 5.75 Å². The molecule has 0 aliphatic rings. The Hall–Kier alpha value is -0.450. The monoisotopic (exact) mass is 150 g/mol. The smallest absolute Gasteiger partial charge is 0.198 e. The minimum atomic E-state index is -0.0450. The van der Waals surface area contributed by atoms with Crippen molar-refractivity contribution in [1.29, 1.82) is 0 Å². The summed E-state index contributed by atoms with van der Waals surface area (Å²) in [5.74, 6) is 0.954. The first-order valence-corrected chi connectivity index (χ1v) is 3.70. The maximum absolute atomic E-state index is 9.49. The summed E-state index contributed by atoms with van der Waals surface area (Å²) in [5, 5.41) is 13.7. The van der Waals surface area contributed by atoms with Crippen molar-refractivity contribution in [1.82, 2.24) is 0 Å². The second-order valence-electron chi connectivity index (χ2n) is 1.31. The number of hydrogen-bond acceptors (Lipinski definition) is 4. The Morgan fingerprint density at radius 3 is 3.00 bits per heavy atom. The highest BCUT2D eigenvalue weighted by Crippen LogP contribution is 2.09. The fraction of sp³-hybridized carbons (Fsp3) is 1.00. The molecule has 0 aromatic heterocycles. The third-order valence-corrected chi connectivity index (χ3v) is 1.53. The fourth-order valence-corrected chi connectivity index (χ4v) is 0.934. The highest BCUT2D eigenvalue weighted by Gasteiger charge is 1.99. The van der Waals surface area contributed by atoms with E-state index in [4.69, 9.17) is 0 Å². The van der Waals surface area contributed by atoms with Crippen LogP contribution in [0.5, 0.6) is 0 Å². The zero-order valence-electron chi connectivity index (χ0n) is 5.46. The molecule has 9 heavy (non-hydrogen) atoms. The van der Waals surface area contributed by atoms with E-state index < -0.39 is 0 Å². The van der Waals surface area contributed by atoms with Crippen LogP contribution in [0.25, 0.3) is 0 Å². The summed E-state index contributed by atoms with van der Waals surface area (Å²) in [6.07, 6.45) is 0. The molecule has 0 aliphatic heterocycles. The first kappa shape index (κ1) is 8.55. The molecule has 0 heterocycles. The first-order chi connectivity index (χ1) is 4.31. The van der Waals surface area contributed by atoms with E-state index in [1.165, 1.54) is 5.28 Å². The maximum atomic E-state index is 9.49. The van der Waals surface area contributed by atoms with Gasteiger partial charge in [-0.2, -0.15) is 0 Å². The van der Waals surface area contributed by atoms with Crippen molar-refractivity contribution in [2.24, 2.45) is 5.28 Å². The fourth-order valence-electron chi connectivity index (χ4n) is 0.361. The quantitative estimate of drug-likeness (QED) is 0.350. The number of nitrogens with one attached hydrogen (secondary N) is 1. The summed E-state index contributed by atoms with van der Waals surface area (Å²) < 4.78 is 0. The Morgan fingerprint density at radius 2 is 2.56 bits per heavy atom. The minimum Gasteiger partial charge on any atom is -0.599 e. The van der Waals surface area contributed by atoms with Gasteiger partial charge in [-0.15, -0.1) is 11.8 Å². The van der Waals surface area contributed by atoms with Crippen molar-refractivity contribution in [3.05, 3.63) is 5.21 Å². The van der Waals surface area contributed by atoms with Gasteiger partial charge in [0.1, 0.15) is 0 Å². The molecule has 5 heteroatoms. The van der Waals surface area contributed by atoms with Crippen molar-refractivity contribution < 1.29 is 10.1 Å². The molecule has 1 N–H and O–H groups in total. The number of hydrogen-bond donors (Lipinski definition) is 1. The van der Waals surface area contributed by atoms with Crippen LogP contribution in [0.2, 0.25) is 0 Å². The molecular formula is C4H10N2O2S. The van der Waals surface area contributed by atoms with Gasteiger partial charge in [-0.1, -0.05) is 12.2 Å². The van der Waals surface area contributed by atoms with E-state index in [2.05, 4.69) is 10.1 Å². The molecule has 0 bridgehead atoms. The number of thioether (sulfide) groups is 1. The number of nitrogens with zero attached hydrogens (tertiary/aromatic N) is 1. The Balaban J connectivity index is 3.15. The van der Waals surface area contributed by atoms with E-state index in [1.807, 2.05) is 13.8 Å². The topological polar surface area (TPSA) is 58.6 Å². The molecule has 0 rings (SSSR count). The van der Waals surface area contributed by atoms with Crippen molar-refractivity contribution >= 4 is 11.8 Å². The third kappa shape index (κ3) is 5.42. The average Bonchev–Trinajstić information content (AvgIpc) is 1.85. The lowest BCUT2D eigenvalue weighted by molar-refractivity contribution is -0.496. The Labute approximate surface area is 58.2 Å². The van der Waals surface area contributed by atoms with Crippen LogP contribution >= 0.6 is 11.8 Å². The zero-order chi connectivity index (χ0) is 7.11. The molecule has 0 fully saturated rings. The second kappa shape index (κ2) is 5.68. The van der Waals surface area contributed by atoms with Crippen molar-refractivity contribution in [3.63, 3.8) is 0 Å². The van der Waals surface area contributed by atoms with Gasteiger partial charge in [-0.3, -0.25) is 0 Å². The molecule has 0 aromatic carbocycles. The van der Waals surface area contributed by atoms with E-state index in [0.717, 1.165) is 5.75 Å². The van der Waals surface area contributed by atoms with Gasteiger partial charge in [0.2, 0.25) is 0 Å². The predicted molar refractivity (Wildman–Crippen MR) is 35.4 cm³/mol. The summed E-state index contributed by atoms with van der Waals surface area (Å²) in [7, 11) is 0. The lowest BCUT2D eigenvalue weighted by Gasteiger charge is -2.02. The summed E-state index contributed by atoms with van der Waals surface area (Å²) in [4.78, 5) is 4.60. The van der Waals surface area contributed by atoms with Gasteiger partial charge in [-0.05, 0) is 12.7 Å². The molecule has 0 aliphatic carbocycles. The highest BCUT2D eigenvalue weighted by atomic mass is 32.2. The highest BCUT2D eigenvalue weighted by molar-refractivity contribution is 7.99. The van der Waals surface area contributed by atoms with Crippen molar-refractivity contribution in [2.45, 2.75) is 19.3 Å². The maximum Gasteiger partial charge on any atom is 0.198 e. The lowest BCUT2D eigenvalue weighted by Crippen LogP contribution is -2.56. The van der Waals surface area contributed by atoms with Gasteiger partial charge in [-0.25, -0.2) is 0 Å². The summed E-state index contributed by atoms with van der Waals surface area (Å²) in [6, 6.07) is 0. The van der Waals surface area contributed by atoms with Crippen LogP contribution in [0.4, 0.5) is 0 Å². The first-order valence-electron chi connectivity index (χ1n) is 2.65. The zero-order valence-corrected chi connectivity index (χ0v) is 6.27. The Morgan fingerprint density at radius 1 is 1.89 bits per heavy atom. The van der Waals surface area contributed by atoms with Crippen LogP contribution in [0, 0.1) is 5.21 Å². The van der Waals surface area contributed by atoms with Gasteiger partial charge >= 0.3 is 0 Å². The lowest BCUT2D eigenvalue weighted by atomic mass is 10.9. The molecule has 1 atom stereocenters. The molecule has 0 aromatic rings.